The Hall–Kier alpha value is -3.58. The normalized spacial score (nSPS) is 13.9. The molecule has 0 unspecified atom stereocenters. The number of hydrogen-bond acceptors (Lipinski definition) is 6. The molecule has 0 aliphatic heterocycles. The van der Waals surface area contributed by atoms with Gasteiger partial charge in [-0.2, -0.15) is 0 Å². The molecule has 7 heteroatoms. The largest absolute Gasteiger partial charge is 0.493 e. The summed E-state index contributed by atoms with van der Waals surface area (Å²) in [7, 11) is 8.69. The smallest absolute Gasteiger partial charge is 0.203 e. The first-order valence-corrected chi connectivity index (χ1v) is 11.2. The van der Waals surface area contributed by atoms with E-state index in [4.69, 9.17) is 14.2 Å². The second-order valence-electron chi connectivity index (χ2n) is 8.60. The number of carbonyl (C=O) groups is 2. The van der Waals surface area contributed by atoms with Gasteiger partial charge < -0.3 is 23.7 Å². The molecule has 178 valence electrons. The van der Waals surface area contributed by atoms with Gasteiger partial charge in [-0.05, 0) is 50.8 Å². The van der Waals surface area contributed by atoms with E-state index in [1.807, 2.05) is 24.4 Å². The van der Waals surface area contributed by atoms with E-state index in [0.29, 0.717) is 34.0 Å². The number of rotatable bonds is 9. The van der Waals surface area contributed by atoms with Crippen molar-refractivity contribution in [1.82, 2.24) is 9.47 Å². The number of para-hydroxylation sites is 1. The van der Waals surface area contributed by atoms with E-state index in [0.717, 1.165) is 36.0 Å². The fourth-order valence-electron chi connectivity index (χ4n) is 4.61. The molecule has 0 fully saturated rings. The van der Waals surface area contributed by atoms with Crippen molar-refractivity contribution < 1.29 is 23.8 Å². The molecule has 1 aromatic heterocycles. The number of methoxy groups -OCH3 is 3. The maximum absolute atomic E-state index is 13.2. The Morgan fingerprint density at radius 3 is 2.18 bits per heavy atom. The van der Waals surface area contributed by atoms with Gasteiger partial charge >= 0.3 is 0 Å². The Labute approximate surface area is 199 Å². The zero-order chi connectivity index (χ0) is 24.4. The van der Waals surface area contributed by atoms with Gasteiger partial charge in [-0.1, -0.05) is 18.2 Å². The lowest BCUT2D eigenvalue weighted by atomic mass is 9.95. The fourth-order valence-corrected chi connectivity index (χ4v) is 4.61. The summed E-state index contributed by atoms with van der Waals surface area (Å²) in [6, 6.07) is 11.5. The molecular formula is C27H30N2O5. The number of carbonyl (C=O) groups excluding carboxylic acids is 2. The molecule has 2 aromatic carbocycles. The summed E-state index contributed by atoms with van der Waals surface area (Å²) in [5.74, 6) is 0.915. The van der Waals surface area contributed by atoms with Gasteiger partial charge in [0.1, 0.15) is 0 Å². The lowest BCUT2D eigenvalue weighted by Gasteiger charge is -2.15. The summed E-state index contributed by atoms with van der Waals surface area (Å²) in [6.45, 7) is 1.77. The molecule has 7 nitrogen and oxygen atoms in total. The molecule has 1 heterocycles. The lowest BCUT2D eigenvalue weighted by molar-refractivity contribution is -0.119. The Bertz CT molecular complexity index is 1260. The van der Waals surface area contributed by atoms with Gasteiger partial charge in [-0.15, -0.1) is 0 Å². The minimum atomic E-state index is -0.210. The zero-order valence-electron chi connectivity index (χ0n) is 20.3. The van der Waals surface area contributed by atoms with Crippen LogP contribution in [0.25, 0.3) is 22.0 Å². The van der Waals surface area contributed by atoms with Gasteiger partial charge in [0.25, 0.3) is 0 Å². The number of aromatic nitrogens is 1. The van der Waals surface area contributed by atoms with Crippen molar-refractivity contribution in [1.29, 1.82) is 0 Å². The van der Waals surface area contributed by atoms with Crippen LogP contribution in [0.2, 0.25) is 0 Å². The van der Waals surface area contributed by atoms with Gasteiger partial charge in [0.15, 0.2) is 23.1 Å². The van der Waals surface area contributed by atoms with Crippen molar-refractivity contribution in [2.45, 2.75) is 19.4 Å². The molecule has 0 saturated carbocycles. The molecule has 0 amide bonds. The molecular weight excluding hydrogens is 432 g/mol. The monoisotopic (exact) mass is 462 g/mol. The number of aryl methyl sites for hydroxylation is 1. The van der Waals surface area contributed by atoms with Crippen LogP contribution < -0.4 is 14.2 Å². The van der Waals surface area contributed by atoms with E-state index < -0.39 is 0 Å². The van der Waals surface area contributed by atoms with Crippen LogP contribution in [0.15, 0.2) is 42.6 Å². The molecule has 4 rings (SSSR count). The summed E-state index contributed by atoms with van der Waals surface area (Å²) in [6.07, 6.45) is 2.82. The second kappa shape index (κ2) is 9.73. The number of allylic oxidation sites excluding steroid dienone is 2. The first-order valence-electron chi connectivity index (χ1n) is 11.2. The predicted molar refractivity (Wildman–Crippen MR) is 133 cm³/mol. The van der Waals surface area contributed by atoms with E-state index in [9.17, 15) is 9.59 Å². The van der Waals surface area contributed by atoms with Crippen LogP contribution in [-0.4, -0.2) is 63.0 Å². The topological polar surface area (TPSA) is 70.0 Å². The van der Waals surface area contributed by atoms with E-state index >= 15 is 0 Å². The number of ketones is 2. The highest BCUT2D eigenvalue weighted by atomic mass is 16.5. The third-order valence-electron chi connectivity index (χ3n) is 6.14. The first-order chi connectivity index (χ1) is 16.4. The maximum Gasteiger partial charge on any atom is 0.203 e. The molecule has 0 bridgehead atoms. The van der Waals surface area contributed by atoms with E-state index in [-0.39, 0.29) is 18.0 Å². The minimum Gasteiger partial charge on any atom is -0.493 e. The molecule has 0 spiro atoms. The summed E-state index contributed by atoms with van der Waals surface area (Å²) >= 11 is 0. The zero-order valence-corrected chi connectivity index (χ0v) is 20.3. The van der Waals surface area contributed by atoms with Crippen LogP contribution >= 0.6 is 0 Å². The molecule has 0 saturated heterocycles. The Morgan fingerprint density at radius 1 is 0.912 bits per heavy atom. The number of nitrogens with zero attached hydrogens (tertiary/aromatic N) is 2. The molecule has 0 atom stereocenters. The molecule has 3 aromatic rings. The third kappa shape index (κ3) is 4.19. The fraction of sp³-hybridized carbons (Fsp3) is 0.333. The number of Topliss-reactive ketones (excluding diaryl/α,β-unsaturated/α-hetero) is 2. The Balaban J connectivity index is 1.92. The summed E-state index contributed by atoms with van der Waals surface area (Å²) in [5.41, 5.74) is 3.23. The van der Waals surface area contributed by atoms with Crippen molar-refractivity contribution in [2.24, 2.45) is 0 Å². The molecule has 0 N–H and O–H groups in total. The molecule has 0 radical (unpaired) electrons. The number of ether oxygens (including phenoxy) is 3. The number of fused-ring (bicyclic) bond motifs is 1. The maximum atomic E-state index is 13.2. The van der Waals surface area contributed by atoms with Gasteiger partial charge in [-0.3, -0.25) is 9.59 Å². The van der Waals surface area contributed by atoms with Crippen LogP contribution in [0, 0.1) is 0 Å². The minimum absolute atomic E-state index is 0.151. The number of benzene rings is 2. The Kier molecular flexibility index (Phi) is 6.75. The summed E-state index contributed by atoms with van der Waals surface area (Å²) < 4.78 is 18.6. The van der Waals surface area contributed by atoms with Crippen molar-refractivity contribution in [3.8, 4) is 17.2 Å². The van der Waals surface area contributed by atoms with Crippen LogP contribution in [0.4, 0.5) is 0 Å². The van der Waals surface area contributed by atoms with E-state index in [1.54, 1.807) is 12.1 Å². The third-order valence-corrected chi connectivity index (χ3v) is 6.14. The van der Waals surface area contributed by atoms with Crippen molar-refractivity contribution in [3.63, 3.8) is 0 Å². The SMILES string of the molecule is COc1cc(C2=C(c3cn(CCCN(C)C)c4ccccc34)C(=O)CC2=O)cc(OC)c1OC. The second-order valence-corrected chi connectivity index (χ2v) is 8.60. The standard InChI is InChI=1S/C27H30N2O5/c1-28(2)11-8-12-29-16-19(18-9-6-7-10-20(18)29)26-22(31)15-21(30)25(26)17-13-23(32-3)27(34-5)24(14-17)33-4/h6-7,9-10,13-14,16H,8,11-12,15H2,1-5H3. The van der Waals surface area contributed by atoms with Crippen LogP contribution in [-0.2, 0) is 16.1 Å². The Morgan fingerprint density at radius 2 is 1.56 bits per heavy atom. The van der Waals surface area contributed by atoms with E-state index in [1.165, 1.54) is 21.3 Å². The van der Waals surface area contributed by atoms with Crippen LogP contribution in [0.3, 0.4) is 0 Å². The molecule has 34 heavy (non-hydrogen) atoms. The van der Waals surface area contributed by atoms with Crippen molar-refractivity contribution in [2.75, 3.05) is 42.0 Å². The van der Waals surface area contributed by atoms with E-state index in [2.05, 4.69) is 29.6 Å². The van der Waals surface area contributed by atoms with Gasteiger partial charge in [0, 0.05) is 40.4 Å². The lowest BCUT2D eigenvalue weighted by Crippen LogP contribution is -2.14. The van der Waals surface area contributed by atoms with Gasteiger partial charge in [0.05, 0.1) is 27.8 Å². The average Bonchev–Trinajstić information content (AvgIpc) is 3.33. The van der Waals surface area contributed by atoms with Crippen LogP contribution in [0.1, 0.15) is 24.0 Å². The van der Waals surface area contributed by atoms with Gasteiger partial charge in [0.2, 0.25) is 5.75 Å². The van der Waals surface area contributed by atoms with Crippen molar-refractivity contribution in [3.05, 3.63) is 53.7 Å². The van der Waals surface area contributed by atoms with Gasteiger partial charge in [-0.25, -0.2) is 0 Å². The summed E-state index contributed by atoms with van der Waals surface area (Å²) in [4.78, 5) is 28.4. The predicted octanol–water partition coefficient (Wildman–Crippen LogP) is 4.07. The first kappa shape index (κ1) is 23.6. The highest BCUT2D eigenvalue weighted by molar-refractivity contribution is 6.51. The molecule has 1 aliphatic carbocycles. The van der Waals surface area contributed by atoms with Crippen LogP contribution in [0.5, 0.6) is 17.2 Å². The average molecular weight is 463 g/mol. The highest BCUT2D eigenvalue weighted by Gasteiger charge is 2.35. The quantitative estimate of drug-likeness (QED) is 0.447. The highest BCUT2D eigenvalue weighted by Crippen LogP contribution is 2.44. The van der Waals surface area contributed by atoms with Crippen molar-refractivity contribution >= 4 is 33.6 Å². The summed E-state index contributed by atoms with van der Waals surface area (Å²) in [5, 5.41) is 0.954. The molecule has 1 aliphatic rings. The number of hydrogen-bond donors (Lipinski definition) is 0.